The monoisotopic (exact) mass is 185 g/mol. The maximum atomic E-state index is 11.2. The summed E-state index contributed by atoms with van der Waals surface area (Å²) in [5, 5.41) is 0. The lowest BCUT2D eigenvalue weighted by atomic mass is 10.0. The molecule has 0 aromatic rings. The summed E-state index contributed by atoms with van der Waals surface area (Å²) in [4.78, 5) is 23.8. The molecule has 74 valence electrons. The van der Waals surface area contributed by atoms with Crippen molar-refractivity contribution in [2.75, 3.05) is 6.73 Å². The van der Waals surface area contributed by atoms with Gasteiger partial charge in [0.2, 0.25) is 5.91 Å². The van der Waals surface area contributed by atoms with Crippen LogP contribution in [0.15, 0.2) is 0 Å². The van der Waals surface area contributed by atoms with Crippen LogP contribution in [0.5, 0.6) is 0 Å². The summed E-state index contributed by atoms with van der Waals surface area (Å²) in [5.41, 5.74) is 0. The van der Waals surface area contributed by atoms with E-state index in [2.05, 4.69) is 0 Å². The summed E-state index contributed by atoms with van der Waals surface area (Å²) < 4.78 is 4.81. The third-order valence-corrected chi connectivity index (χ3v) is 2.09. The van der Waals surface area contributed by atoms with E-state index in [1.807, 2.05) is 13.8 Å². The molecule has 4 nitrogen and oxygen atoms in total. The van der Waals surface area contributed by atoms with E-state index in [-0.39, 0.29) is 24.6 Å². The Hall–Kier alpha value is -1.06. The topological polar surface area (TPSA) is 46.6 Å². The summed E-state index contributed by atoms with van der Waals surface area (Å²) >= 11 is 0. The van der Waals surface area contributed by atoms with E-state index >= 15 is 0 Å². The van der Waals surface area contributed by atoms with Gasteiger partial charge in [-0.25, -0.2) is 4.79 Å². The lowest BCUT2D eigenvalue weighted by Crippen LogP contribution is -2.37. The number of amides is 1. The van der Waals surface area contributed by atoms with Gasteiger partial charge in [-0.3, -0.25) is 9.69 Å². The van der Waals surface area contributed by atoms with E-state index in [0.29, 0.717) is 12.3 Å². The molecule has 0 aromatic heterocycles. The Morgan fingerprint density at radius 1 is 1.69 bits per heavy atom. The van der Waals surface area contributed by atoms with Crippen molar-refractivity contribution in [3.8, 4) is 0 Å². The fraction of sp³-hybridized carbons (Fsp3) is 0.778. The Morgan fingerprint density at radius 2 is 2.31 bits per heavy atom. The van der Waals surface area contributed by atoms with Crippen LogP contribution in [0.1, 0.15) is 27.2 Å². The minimum absolute atomic E-state index is 0.100. The highest BCUT2D eigenvalue weighted by molar-refractivity contribution is 5.85. The van der Waals surface area contributed by atoms with Gasteiger partial charge in [-0.05, 0) is 12.3 Å². The molecule has 0 N–H and O–H groups in total. The van der Waals surface area contributed by atoms with E-state index in [1.165, 1.54) is 11.8 Å². The van der Waals surface area contributed by atoms with Crippen LogP contribution in [0.3, 0.4) is 0 Å². The predicted octanol–water partition coefficient (Wildman–Crippen LogP) is 0.764. The van der Waals surface area contributed by atoms with Crippen LogP contribution in [0.2, 0.25) is 0 Å². The van der Waals surface area contributed by atoms with Crippen molar-refractivity contribution in [1.29, 1.82) is 0 Å². The quantitative estimate of drug-likeness (QED) is 0.597. The number of nitrogens with zero attached hydrogens (tertiary/aromatic N) is 1. The Labute approximate surface area is 77.8 Å². The number of ether oxygens (including phenoxy) is 1. The Bertz CT molecular complexity index is 225. The maximum absolute atomic E-state index is 11.2. The molecule has 0 saturated carbocycles. The minimum Gasteiger partial charge on any atom is -0.443 e. The number of hydrogen-bond acceptors (Lipinski definition) is 3. The molecule has 1 aliphatic rings. The second kappa shape index (κ2) is 3.77. The van der Waals surface area contributed by atoms with Gasteiger partial charge in [0.05, 0.1) is 0 Å². The molecule has 1 atom stereocenters. The number of rotatable bonds is 2. The fourth-order valence-electron chi connectivity index (χ4n) is 1.43. The second-order valence-corrected chi connectivity index (χ2v) is 3.73. The first-order chi connectivity index (χ1) is 6.02. The molecule has 0 aromatic carbocycles. The number of hydrogen-bond donors (Lipinski definition) is 0. The Balaban J connectivity index is 2.65. The average molecular weight is 185 g/mol. The van der Waals surface area contributed by atoms with Gasteiger partial charge in [0.1, 0.15) is 6.04 Å². The van der Waals surface area contributed by atoms with Crippen molar-refractivity contribution in [3.05, 3.63) is 0 Å². The van der Waals surface area contributed by atoms with E-state index < -0.39 is 0 Å². The standard InChI is InChI=1S/C9H15NO3/c1-6(2)4-8-9(12)13-5-10(8)7(3)11/h6,8H,4-5H2,1-3H3/t8-/m0/s1. The van der Waals surface area contributed by atoms with Crippen LogP contribution in [-0.2, 0) is 14.3 Å². The number of cyclic esters (lactones) is 1. The zero-order chi connectivity index (χ0) is 10.0. The molecule has 0 radical (unpaired) electrons. The highest BCUT2D eigenvalue weighted by Crippen LogP contribution is 2.18. The van der Waals surface area contributed by atoms with Crippen LogP contribution in [-0.4, -0.2) is 29.5 Å². The number of esters is 1. The van der Waals surface area contributed by atoms with Crippen molar-refractivity contribution < 1.29 is 14.3 Å². The lowest BCUT2D eigenvalue weighted by molar-refractivity contribution is -0.139. The second-order valence-electron chi connectivity index (χ2n) is 3.73. The third kappa shape index (κ3) is 2.20. The summed E-state index contributed by atoms with van der Waals surface area (Å²) in [6.45, 7) is 5.61. The zero-order valence-electron chi connectivity index (χ0n) is 8.24. The number of carbonyl (C=O) groups is 2. The molecule has 1 saturated heterocycles. The lowest BCUT2D eigenvalue weighted by Gasteiger charge is -2.19. The van der Waals surface area contributed by atoms with E-state index in [9.17, 15) is 9.59 Å². The molecular weight excluding hydrogens is 170 g/mol. The summed E-state index contributed by atoms with van der Waals surface area (Å²) in [5.74, 6) is 0.0119. The van der Waals surface area contributed by atoms with Crippen LogP contribution < -0.4 is 0 Å². The molecule has 0 bridgehead atoms. The van der Waals surface area contributed by atoms with Gasteiger partial charge in [-0.1, -0.05) is 13.8 Å². The molecule has 0 spiro atoms. The van der Waals surface area contributed by atoms with Crippen LogP contribution in [0, 0.1) is 5.92 Å². The smallest absolute Gasteiger partial charge is 0.330 e. The van der Waals surface area contributed by atoms with Gasteiger partial charge in [-0.2, -0.15) is 0 Å². The SMILES string of the molecule is CC(=O)N1COC(=O)[C@@H]1CC(C)C. The Kier molecular flexibility index (Phi) is 2.90. The Morgan fingerprint density at radius 3 is 2.77 bits per heavy atom. The van der Waals surface area contributed by atoms with Crippen molar-refractivity contribution in [1.82, 2.24) is 4.90 Å². The summed E-state index contributed by atoms with van der Waals surface area (Å²) in [6.07, 6.45) is 0.679. The molecule has 1 rings (SSSR count). The molecule has 0 aliphatic carbocycles. The van der Waals surface area contributed by atoms with E-state index in [0.717, 1.165) is 0 Å². The van der Waals surface area contributed by atoms with Crippen molar-refractivity contribution in [3.63, 3.8) is 0 Å². The highest BCUT2D eigenvalue weighted by atomic mass is 16.6. The third-order valence-electron chi connectivity index (χ3n) is 2.09. The molecule has 0 unspecified atom stereocenters. The van der Waals surface area contributed by atoms with E-state index in [1.54, 1.807) is 0 Å². The van der Waals surface area contributed by atoms with Gasteiger partial charge in [0.25, 0.3) is 0 Å². The molecule has 1 heterocycles. The summed E-state index contributed by atoms with van der Waals surface area (Å²) in [7, 11) is 0. The molecule has 1 fully saturated rings. The van der Waals surface area contributed by atoms with Crippen molar-refractivity contribution in [2.24, 2.45) is 5.92 Å². The van der Waals surface area contributed by atoms with Gasteiger partial charge in [0, 0.05) is 6.92 Å². The molecular formula is C9H15NO3. The minimum atomic E-state index is -0.363. The first kappa shape index (κ1) is 10.0. The van der Waals surface area contributed by atoms with Crippen LogP contribution in [0.25, 0.3) is 0 Å². The fourth-order valence-corrected chi connectivity index (χ4v) is 1.43. The largest absolute Gasteiger partial charge is 0.443 e. The molecule has 1 aliphatic heterocycles. The highest BCUT2D eigenvalue weighted by Gasteiger charge is 2.36. The number of carbonyl (C=O) groups excluding carboxylic acids is 2. The summed E-state index contributed by atoms with van der Waals surface area (Å²) in [6, 6.07) is -0.363. The predicted molar refractivity (Wildman–Crippen MR) is 46.7 cm³/mol. The molecule has 13 heavy (non-hydrogen) atoms. The molecule has 1 amide bonds. The van der Waals surface area contributed by atoms with Crippen molar-refractivity contribution >= 4 is 11.9 Å². The van der Waals surface area contributed by atoms with Gasteiger partial charge < -0.3 is 4.74 Å². The first-order valence-corrected chi connectivity index (χ1v) is 4.46. The average Bonchev–Trinajstić information content (AvgIpc) is 2.32. The van der Waals surface area contributed by atoms with Crippen molar-refractivity contribution in [2.45, 2.75) is 33.2 Å². The first-order valence-electron chi connectivity index (χ1n) is 4.46. The normalized spacial score (nSPS) is 22.3. The van der Waals surface area contributed by atoms with Crippen LogP contribution in [0.4, 0.5) is 0 Å². The van der Waals surface area contributed by atoms with Crippen LogP contribution >= 0.6 is 0 Å². The van der Waals surface area contributed by atoms with Gasteiger partial charge >= 0.3 is 5.97 Å². The van der Waals surface area contributed by atoms with E-state index in [4.69, 9.17) is 4.74 Å². The van der Waals surface area contributed by atoms with Gasteiger partial charge in [-0.15, -0.1) is 0 Å². The van der Waals surface area contributed by atoms with Gasteiger partial charge in [0.15, 0.2) is 6.73 Å². The zero-order valence-corrected chi connectivity index (χ0v) is 8.24. The maximum Gasteiger partial charge on any atom is 0.330 e. The molecule has 4 heteroatoms.